The molecule has 0 unspecified atom stereocenters. The van der Waals surface area contributed by atoms with Crippen molar-refractivity contribution in [3.8, 4) is 11.3 Å². The molecule has 0 atom stereocenters. The van der Waals surface area contributed by atoms with Crippen LogP contribution in [0.1, 0.15) is 19.8 Å². The number of amides is 1. The minimum Gasteiger partial charge on any atom is -0.353 e. The number of hydrogen-bond donors (Lipinski definition) is 1. The van der Waals surface area contributed by atoms with E-state index < -0.39 is 0 Å². The van der Waals surface area contributed by atoms with Gasteiger partial charge in [0.1, 0.15) is 0 Å². The van der Waals surface area contributed by atoms with Crippen molar-refractivity contribution in [1.82, 2.24) is 19.4 Å². The molecule has 126 valence electrons. The molecule has 2 aromatic heterocycles. The molecular formula is C17H21N5O2. The molecule has 24 heavy (non-hydrogen) atoms. The lowest BCUT2D eigenvalue weighted by Gasteiger charge is -2.32. The summed E-state index contributed by atoms with van der Waals surface area (Å²) < 4.78 is 1.52. The molecule has 1 saturated heterocycles. The minimum absolute atomic E-state index is 0.110. The predicted molar refractivity (Wildman–Crippen MR) is 91.6 cm³/mol. The summed E-state index contributed by atoms with van der Waals surface area (Å²) >= 11 is 0. The van der Waals surface area contributed by atoms with Crippen molar-refractivity contribution in [3.05, 3.63) is 40.9 Å². The van der Waals surface area contributed by atoms with E-state index in [1.54, 1.807) is 26.4 Å². The van der Waals surface area contributed by atoms with Crippen LogP contribution < -0.4 is 10.9 Å². The molecule has 0 bridgehead atoms. The van der Waals surface area contributed by atoms with E-state index in [1.165, 1.54) is 10.6 Å². The van der Waals surface area contributed by atoms with Gasteiger partial charge in [-0.05, 0) is 25.0 Å². The third-order valence-electron chi connectivity index (χ3n) is 4.38. The molecule has 3 rings (SSSR count). The third-order valence-corrected chi connectivity index (χ3v) is 4.38. The van der Waals surface area contributed by atoms with Gasteiger partial charge in [-0.2, -0.15) is 0 Å². The van der Waals surface area contributed by atoms with Crippen LogP contribution in [-0.2, 0) is 11.8 Å². The van der Waals surface area contributed by atoms with Crippen LogP contribution in [0.3, 0.4) is 0 Å². The average Bonchev–Trinajstić information content (AvgIpc) is 2.60. The fraction of sp³-hybridized carbons (Fsp3) is 0.412. The second kappa shape index (κ2) is 6.82. The van der Waals surface area contributed by atoms with Gasteiger partial charge in [0.2, 0.25) is 11.9 Å². The summed E-state index contributed by atoms with van der Waals surface area (Å²) in [7, 11) is 1.71. The van der Waals surface area contributed by atoms with Crippen LogP contribution in [0.25, 0.3) is 11.3 Å². The van der Waals surface area contributed by atoms with E-state index in [-0.39, 0.29) is 17.5 Å². The molecule has 0 saturated carbocycles. The number of anilines is 1. The monoisotopic (exact) mass is 327 g/mol. The molecule has 1 aliphatic heterocycles. The Morgan fingerprint density at radius 1 is 1.25 bits per heavy atom. The van der Waals surface area contributed by atoms with E-state index in [2.05, 4.69) is 15.3 Å². The number of carbonyl (C=O) groups excluding carboxylic acids is 1. The zero-order valence-electron chi connectivity index (χ0n) is 13.9. The Bertz CT molecular complexity index is 779. The van der Waals surface area contributed by atoms with Crippen LogP contribution in [0.5, 0.6) is 0 Å². The van der Waals surface area contributed by atoms with Crippen molar-refractivity contribution in [2.75, 3.05) is 18.4 Å². The Morgan fingerprint density at radius 2 is 1.92 bits per heavy atom. The summed E-state index contributed by atoms with van der Waals surface area (Å²) in [4.78, 5) is 34.1. The molecule has 0 aromatic carbocycles. The zero-order chi connectivity index (χ0) is 17.1. The molecule has 0 spiro atoms. The molecule has 1 fully saturated rings. The standard InChI is InChI=1S/C17H21N5O2/c1-12(23)22-9-5-14(6-10-22)19-17-20-15(11-16(24)21(17)2)13-3-7-18-8-4-13/h3-4,7-8,11,14H,5-6,9-10H2,1-2H3,(H,19,20). The molecule has 7 nitrogen and oxygen atoms in total. The van der Waals surface area contributed by atoms with Crippen molar-refractivity contribution in [1.29, 1.82) is 0 Å². The Kier molecular flexibility index (Phi) is 4.59. The lowest BCUT2D eigenvalue weighted by atomic mass is 10.1. The Morgan fingerprint density at radius 3 is 2.54 bits per heavy atom. The molecule has 1 amide bonds. The normalized spacial score (nSPS) is 15.3. The summed E-state index contributed by atoms with van der Waals surface area (Å²) in [6, 6.07) is 5.39. The highest BCUT2D eigenvalue weighted by Gasteiger charge is 2.21. The van der Waals surface area contributed by atoms with Crippen molar-refractivity contribution >= 4 is 11.9 Å². The zero-order valence-corrected chi connectivity index (χ0v) is 13.9. The van der Waals surface area contributed by atoms with Gasteiger partial charge in [-0.3, -0.25) is 19.1 Å². The van der Waals surface area contributed by atoms with Crippen LogP contribution in [-0.4, -0.2) is 44.5 Å². The highest BCUT2D eigenvalue weighted by Crippen LogP contribution is 2.18. The maximum Gasteiger partial charge on any atom is 0.255 e. The average molecular weight is 327 g/mol. The summed E-state index contributed by atoms with van der Waals surface area (Å²) in [6.45, 7) is 3.05. The first-order valence-electron chi connectivity index (χ1n) is 8.05. The van der Waals surface area contributed by atoms with Gasteiger partial charge in [0.25, 0.3) is 5.56 Å². The van der Waals surface area contributed by atoms with Gasteiger partial charge in [0, 0.05) is 57.1 Å². The number of rotatable bonds is 3. The van der Waals surface area contributed by atoms with Crippen LogP contribution in [0.2, 0.25) is 0 Å². The largest absolute Gasteiger partial charge is 0.353 e. The smallest absolute Gasteiger partial charge is 0.255 e. The third kappa shape index (κ3) is 3.45. The van der Waals surface area contributed by atoms with Gasteiger partial charge in [-0.15, -0.1) is 0 Å². The van der Waals surface area contributed by atoms with Gasteiger partial charge < -0.3 is 10.2 Å². The van der Waals surface area contributed by atoms with Crippen molar-refractivity contribution in [2.45, 2.75) is 25.8 Å². The quantitative estimate of drug-likeness (QED) is 0.918. The van der Waals surface area contributed by atoms with Gasteiger partial charge in [0.05, 0.1) is 5.69 Å². The molecule has 0 aliphatic carbocycles. The topological polar surface area (TPSA) is 80.1 Å². The Balaban J connectivity index is 1.80. The SMILES string of the molecule is CC(=O)N1CCC(Nc2nc(-c3ccncc3)cc(=O)n2C)CC1. The molecule has 2 aromatic rings. The molecule has 3 heterocycles. The lowest BCUT2D eigenvalue weighted by molar-refractivity contribution is -0.129. The fourth-order valence-corrected chi connectivity index (χ4v) is 2.86. The summed E-state index contributed by atoms with van der Waals surface area (Å²) in [5, 5.41) is 3.36. The number of pyridine rings is 1. The second-order valence-corrected chi connectivity index (χ2v) is 6.02. The highest BCUT2D eigenvalue weighted by atomic mass is 16.2. The molecule has 7 heteroatoms. The summed E-state index contributed by atoms with van der Waals surface area (Å²) in [5.74, 6) is 0.661. The number of nitrogens with zero attached hydrogens (tertiary/aromatic N) is 4. The number of hydrogen-bond acceptors (Lipinski definition) is 5. The van der Waals surface area contributed by atoms with Gasteiger partial charge in [0.15, 0.2) is 0 Å². The first-order valence-corrected chi connectivity index (χ1v) is 8.05. The van der Waals surface area contributed by atoms with Crippen molar-refractivity contribution in [2.24, 2.45) is 7.05 Å². The van der Waals surface area contributed by atoms with E-state index in [9.17, 15) is 9.59 Å². The molecular weight excluding hydrogens is 306 g/mol. The maximum atomic E-state index is 12.2. The van der Waals surface area contributed by atoms with E-state index >= 15 is 0 Å². The number of likely N-dealkylation sites (tertiary alicyclic amines) is 1. The highest BCUT2D eigenvalue weighted by molar-refractivity contribution is 5.73. The number of nitrogens with one attached hydrogen (secondary N) is 1. The van der Waals surface area contributed by atoms with Gasteiger partial charge >= 0.3 is 0 Å². The van der Waals surface area contributed by atoms with Crippen LogP contribution in [0, 0.1) is 0 Å². The molecule has 1 aliphatic rings. The van der Waals surface area contributed by atoms with Crippen LogP contribution in [0.4, 0.5) is 5.95 Å². The van der Waals surface area contributed by atoms with Crippen molar-refractivity contribution in [3.63, 3.8) is 0 Å². The van der Waals surface area contributed by atoms with Crippen LogP contribution in [0.15, 0.2) is 35.4 Å². The molecule has 0 radical (unpaired) electrons. The maximum absolute atomic E-state index is 12.2. The Labute approximate surface area is 140 Å². The van der Waals surface area contributed by atoms with Crippen LogP contribution >= 0.6 is 0 Å². The minimum atomic E-state index is -0.111. The number of piperidine rings is 1. The Hall–Kier alpha value is -2.70. The fourth-order valence-electron chi connectivity index (χ4n) is 2.86. The predicted octanol–water partition coefficient (Wildman–Crippen LogP) is 1.27. The first-order chi connectivity index (χ1) is 11.5. The van der Waals surface area contributed by atoms with Gasteiger partial charge in [-0.1, -0.05) is 0 Å². The number of aromatic nitrogens is 3. The summed E-state index contributed by atoms with van der Waals surface area (Å²) in [6.07, 6.45) is 5.04. The van der Waals surface area contributed by atoms with E-state index in [1.807, 2.05) is 17.0 Å². The van der Waals surface area contributed by atoms with Crippen molar-refractivity contribution < 1.29 is 4.79 Å². The number of carbonyl (C=O) groups is 1. The van der Waals surface area contributed by atoms with E-state index in [4.69, 9.17) is 0 Å². The van der Waals surface area contributed by atoms with Gasteiger partial charge in [-0.25, -0.2) is 4.98 Å². The second-order valence-electron chi connectivity index (χ2n) is 6.02. The lowest BCUT2D eigenvalue weighted by Crippen LogP contribution is -2.42. The van der Waals surface area contributed by atoms with E-state index in [0.717, 1.165) is 31.5 Å². The summed E-state index contributed by atoms with van der Waals surface area (Å²) in [5.41, 5.74) is 1.38. The molecule has 1 N–H and O–H groups in total. The first kappa shape index (κ1) is 16.2. The van der Waals surface area contributed by atoms with E-state index in [0.29, 0.717) is 11.6 Å².